The van der Waals surface area contributed by atoms with E-state index in [9.17, 15) is 0 Å². The van der Waals surface area contributed by atoms with E-state index in [2.05, 4.69) is 34.1 Å². The fraction of sp³-hybridized carbons (Fsp3) is 0.600. The molecule has 2 aliphatic heterocycles. The Morgan fingerprint density at radius 3 is 3.05 bits per heavy atom. The quantitative estimate of drug-likeness (QED) is 0.869. The van der Waals surface area contributed by atoms with Crippen LogP contribution in [0.25, 0.3) is 0 Å². The molecule has 0 aliphatic carbocycles. The van der Waals surface area contributed by atoms with Crippen LogP contribution in [0.4, 0.5) is 0 Å². The molecule has 4 rings (SSSR count). The molecule has 2 aliphatic rings. The first kappa shape index (κ1) is 13.4. The number of hydrogen-bond acceptors (Lipinski definition) is 6. The summed E-state index contributed by atoms with van der Waals surface area (Å²) in [6, 6.07) is 4.42. The van der Waals surface area contributed by atoms with Crippen molar-refractivity contribution < 1.29 is 9.26 Å². The third kappa shape index (κ3) is 2.22. The van der Waals surface area contributed by atoms with E-state index in [0.29, 0.717) is 18.3 Å². The Balaban J connectivity index is 1.57. The minimum atomic E-state index is -0.104. The first-order valence-corrected chi connectivity index (χ1v) is 8.13. The molecule has 2 aromatic heterocycles. The fourth-order valence-corrected chi connectivity index (χ4v) is 4.49. The number of ether oxygens (including phenoxy) is 1. The second-order valence-electron chi connectivity index (χ2n) is 6.20. The van der Waals surface area contributed by atoms with Gasteiger partial charge in [0.05, 0.1) is 18.6 Å². The molecule has 0 radical (unpaired) electrons. The monoisotopic (exact) mass is 305 g/mol. The lowest BCUT2D eigenvalue weighted by Gasteiger charge is -2.22. The Hall–Kier alpha value is -1.24. The lowest BCUT2D eigenvalue weighted by Crippen LogP contribution is -2.35. The minimum Gasteiger partial charge on any atom is -0.380 e. The average molecular weight is 305 g/mol. The molecule has 0 unspecified atom stereocenters. The summed E-state index contributed by atoms with van der Waals surface area (Å²) in [7, 11) is 0. The van der Waals surface area contributed by atoms with E-state index in [1.54, 1.807) is 0 Å². The van der Waals surface area contributed by atoms with Crippen molar-refractivity contribution in [2.75, 3.05) is 26.3 Å². The van der Waals surface area contributed by atoms with E-state index in [1.807, 2.05) is 18.3 Å². The first-order chi connectivity index (χ1) is 10.2. The van der Waals surface area contributed by atoms with Crippen LogP contribution in [-0.2, 0) is 16.7 Å². The summed E-state index contributed by atoms with van der Waals surface area (Å²) in [6.07, 6.45) is 0. The maximum Gasteiger partial charge on any atom is 0.236 e. The smallest absolute Gasteiger partial charge is 0.236 e. The van der Waals surface area contributed by atoms with Crippen molar-refractivity contribution in [1.82, 2.24) is 15.0 Å². The number of hydrogen-bond donors (Lipinski definition) is 0. The van der Waals surface area contributed by atoms with Gasteiger partial charge in [-0.15, -0.1) is 11.3 Å². The van der Waals surface area contributed by atoms with Crippen LogP contribution in [-0.4, -0.2) is 41.3 Å². The van der Waals surface area contributed by atoms with Gasteiger partial charge < -0.3 is 9.26 Å². The third-order valence-corrected chi connectivity index (χ3v) is 5.56. The Morgan fingerprint density at radius 1 is 1.43 bits per heavy atom. The van der Waals surface area contributed by atoms with Gasteiger partial charge in [0.1, 0.15) is 0 Å². The van der Waals surface area contributed by atoms with Crippen LogP contribution in [0.15, 0.2) is 16.7 Å². The second-order valence-corrected chi connectivity index (χ2v) is 7.57. The zero-order valence-corrected chi connectivity index (χ0v) is 13.2. The lowest BCUT2D eigenvalue weighted by atomic mass is 9.81. The molecule has 6 heteroatoms. The molecule has 0 bridgehead atoms. The number of likely N-dealkylation sites (tertiary alicyclic amines) is 1. The zero-order valence-electron chi connectivity index (χ0n) is 12.3. The van der Waals surface area contributed by atoms with E-state index in [-0.39, 0.29) is 5.41 Å². The lowest BCUT2D eigenvalue weighted by molar-refractivity contribution is 0.138. The molecule has 0 amide bonds. The SMILES string of the molecule is Cc1noc([C@]23COC[C@H]2CN(Cc2ccc(C)s2)C3)n1. The number of thiophene rings is 1. The van der Waals surface area contributed by atoms with Crippen molar-refractivity contribution in [3.05, 3.63) is 33.6 Å². The summed E-state index contributed by atoms with van der Waals surface area (Å²) in [5.41, 5.74) is -0.104. The third-order valence-electron chi connectivity index (χ3n) is 4.57. The topological polar surface area (TPSA) is 51.4 Å². The van der Waals surface area contributed by atoms with Crippen molar-refractivity contribution in [3.8, 4) is 0 Å². The minimum absolute atomic E-state index is 0.104. The van der Waals surface area contributed by atoms with Gasteiger partial charge in [-0.3, -0.25) is 4.90 Å². The molecule has 0 N–H and O–H groups in total. The van der Waals surface area contributed by atoms with E-state index in [0.717, 1.165) is 32.1 Å². The number of fused-ring (bicyclic) bond motifs is 1. The van der Waals surface area contributed by atoms with Gasteiger partial charge in [0.15, 0.2) is 5.82 Å². The van der Waals surface area contributed by atoms with Crippen LogP contribution < -0.4 is 0 Å². The molecule has 2 atom stereocenters. The van der Waals surface area contributed by atoms with Crippen molar-refractivity contribution in [2.45, 2.75) is 25.8 Å². The highest BCUT2D eigenvalue weighted by atomic mass is 32.1. The van der Waals surface area contributed by atoms with Crippen molar-refractivity contribution >= 4 is 11.3 Å². The highest BCUT2D eigenvalue weighted by Gasteiger charge is 2.55. The van der Waals surface area contributed by atoms with E-state index >= 15 is 0 Å². The predicted molar refractivity (Wildman–Crippen MR) is 79.4 cm³/mol. The van der Waals surface area contributed by atoms with Crippen LogP contribution in [0.3, 0.4) is 0 Å². The van der Waals surface area contributed by atoms with Gasteiger partial charge in [0.2, 0.25) is 5.89 Å². The van der Waals surface area contributed by atoms with Gasteiger partial charge in [0.25, 0.3) is 0 Å². The van der Waals surface area contributed by atoms with Crippen molar-refractivity contribution in [2.24, 2.45) is 5.92 Å². The van der Waals surface area contributed by atoms with Crippen molar-refractivity contribution in [3.63, 3.8) is 0 Å². The molecule has 4 heterocycles. The molecule has 21 heavy (non-hydrogen) atoms. The Morgan fingerprint density at radius 2 is 2.33 bits per heavy atom. The van der Waals surface area contributed by atoms with Gasteiger partial charge in [-0.05, 0) is 26.0 Å². The highest BCUT2D eigenvalue weighted by molar-refractivity contribution is 7.11. The van der Waals surface area contributed by atoms with Crippen LogP contribution >= 0.6 is 11.3 Å². The summed E-state index contributed by atoms with van der Waals surface area (Å²) < 4.78 is 11.2. The van der Waals surface area contributed by atoms with Gasteiger partial charge in [-0.1, -0.05) is 5.16 Å². The van der Waals surface area contributed by atoms with E-state index < -0.39 is 0 Å². The largest absolute Gasteiger partial charge is 0.380 e. The van der Waals surface area contributed by atoms with E-state index in [4.69, 9.17) is 9.26 Å². The van der Waals surface area contributed by atoms with Crippen LogP contribution in [0.5, 0.6) is 0 Å². The highest BCUT2D eigenvalue weighted by Crippen LogP contribution is 2.43. The molecular weight excluding hydrogens is 286 g/mol. The first-order valence-electron chi connectivity index (χ1n) is 7.32. The number of nitrogens with zero attached hydrogens (tertiary/aromatic N) is 3. The maximum atomic E-state index is 5.73. The number of aryl methyl sites for hydroxylation is 2. The molecule has 2 saturated heterocycles. The average Bonchev–Trinajstić information content (AvgIpc) is 3.14. The van der Waals surface area contributed by atoms with Crippen LogP contribution in [0.2, 0.25) is 0 Å². The summed E-state index contributed by atoms with van der Waals surface area (Å²) in [4.78, 5) is 9.78. The summed E-state index contributed by atoms with van der Waals surface area (Å²) in [5.74, 6) is 1.92. The molecule has 0 aromatic carbocycles. The molecule has 112 valence electrons. The molecule has 5 nitrogen and oxygen atoms in total. The van der Waals surface area contributed by atoms with E-state index in [1.165, 1.54) is 9.75 Å². The predicted octanol–water partition coefficient (Wildman–Crippen LogP) is 2.15. The van der Waals surface area contributed by atoms with Gasteiger partial charge in [-0.2, -0.15) is 4.98 Å². The molecule has 2 fully saturated rings. The summed E-state index contributed by atoms with van der Waals surface area (Å²) in [5, 5.41) is 3.97. The fourth-order valence-electron chi connectivity index (χ4n) is 3.55. The molecular formula is C15H19N3O2S. The Kier molecular flexibility index (Phi) is 3.13. The Labute approximate surface area is 127 Å². The Bertz CT molecular complexity index is 653. The second kappa shape index (κ2) is 4.90. The summed E-state index contributed by atoms with van der Waals surface area (Å²) in [6.45, 7) is 8.50. The van der Waals surface area contributed by atoms with Crippen LogP contribution in [0, 0.1) is 19.8 Å². The molecule has 2 aromatic rings. The summed E-state index contributed by atoms with van der Waals surface area (Å²) >= 11 is 1.88. The number of rotatable bonds is 3. The molecule has 0 spiro atoms. The number of aromatic nitrogens is 2. The van der Waals surface area contributed by atoms with Crippen LogP contribution in [0.1, 0.15) is 21.5 Å². The molecule has 0 saturated carbocycles. The van der Waals surface area contributed by atoms with Gasteiger partial charge in [-0.25, -0.2) is 0 Å². The zero-order chi connectivity index (χ0) is 14.4. The maximum absolute atomic E-state index is 5.73. The normalized spacial score (nSPS) is 29.1. The van der Waals surface area contributed by atoms with Gasteiger partial charge in [0, 0.05) is 35.3 Å². The standard InChI is InChI=1S/C15H19N3O2S/c1-10-3-4-13(21-10)6-18-5-12-7-19-9-15(12,8-18)14-16-11(2)17-20-14/h3-4,12H,5-9H2,1-2H3/t12-,15-/m1/s1. The van der Waals surface area contributed by atoms with Gasteiger partial charge >= 0.3 is 0 Å². The van der Waals surface area contributed by atoms with Crippen molar-refractivity contribution in [1.29, 1.82) is 0 Å².